The lowest BCUT2D eigenvalue weighted by Gasteiger charge is -2.41. The van der Waals surface area contributed by atoms with Crippen LogP contribution in [0.25, 0.3) is 0 Å². The Balaban J connectivity index is 1.54. The van der Waals surface area contributed by atoms with Crippen molar-refractivity contribution < 1.29 is 31.5 Å². The number of piperidine rings is 1. The van der Waals surface area contributed by atoms with Crippen LogP contribution in [0.15, 0.2) is 12.1 Å². The summed E-state index contributed by atoms with van der Waals surface area (Å²) in [6.07, 6.45) is -3.67. The number of alkyl halides is 3. The van der Waals surface area contributed by atoms with Crippen molar-refractivity contribution >= 4 is 23.5 Å². The van der Waals surface area contributed by atoms with Gasteiger partial charge in [-0.25, -0.2) is 13.6 Å². The van der Waals surface area contributed by atoms with Crippen molar-refractivity contribution in [2.24, 2.45) is 5.92 Å². The van der Waals surface area contributed by atoms with Crippen molar-refractivity contribution in [1.82, 2.24) is 20.9 Å². The van der Waals surface area contributed by atoms with Crippen LogP contribution in [0.4, 0.5) is 26.7 Å². The second-order valence-corrected chi connectivity index (χ2v) is 8.89. The number of hydrogen-bond donors (Lipinski definition) is 3. The number of rotatable bonds is 5. The summed E-state index contributed by atoms with van der Waals surface area (Å²) in [7, 11) is 0. The quantitative estimate of drug-likeness (QED) is 0.447. The van der Waals surface area contributed by atoms with Crippen molar-refractivity contribution in [2.75, 3.05) is 19.6 Å². The van der Waals surface area contributed by atoms with E-state index in [2.05, 4.69) is 16.0 Å². The van der Waals surface area contributed by atoms with Crippen LogP contribution in [0.2, 0.25) is 5.02 Å². The highest BCUT2D eigenvalue weighted by Gasteiger charge is 2.66. The predicted octanol–water partition coefficient (Wildman–Crippen LogP) is 3.26. The SMILES string of the molecule is O=C1NC[C@@H](C(=O)NC(c2ccc(F)c(Cl)c2F)C2CCN(C3(C(F)(F)F)CC3)CC2)N1. The summed E-state index contributed by atoms with van der Waals surface area (Å²) in [5.41, 5.74) is -1.83. The molecule has 2 atom stereocenters. The van der Waals surface area contributed by atoms with Crippen molar-refractivity contribution in [1.29, 1.82) is 0 Å². The fourth-order valence-corrected chi connectivity index (χ4v) is 4.83. The first kappa shape index (κ1) is 23.0. The van der Waals surface area contributed by atoms with Gasteiger partial charge < -0.3 is 16.0 Å². The molecule has 1 aliphatic carbocycles. The number of carbonyl (C=O) groups excluding carboxylic acids is 2. The molecule has 2 saturated heterocycles. The summed E-state index contributed by atoms with van der Waals surface area (Å²) in [6.45, 7) is 0.306. The Bertz CT molecular complexity index is 916. The zero-order chi connectivity index (χ0) is 23.3. The van der Waals surface area contributed by atoms with Crippen molar-refractivity contribution in [3.63, 3.8) is 0 Å². The molecule has 1 saturated carbocycles. The largest absolute Gasteiger partial charge is 0.406 e. The van der Waals surface area contributed by atoms with Gasteiger partial charge in [-0.15, -0.1) is 0 Å². The molecule has 176 valence electrons. The monoisotopic (exact) mass is 480 g/mol. The van der Waals surface area contributed by atoms with Gasteiger partial charge in [-0.3, -0.25) is 9.69 Å². The highest BCUT2D eigenvalue weighted by molar-refractivity contribution is 6.31. The maximum atomic E-state index is 14.8. The van der Waals surface area contributed by atoms with Gasteiger partial charge in [0.25, 0.3) is 0 Å². The third-order valence-corrected chi connectivity index (χ3v) is 7.00. The zero-order valence-corrected chi connectivity index (χ0v) is 17.6. The molecular weight excluding hydrogens is 459 g/mol. The smallest absolute Gasteiger partial charge is 0.347 e. The van der Waals surface area contributed by atoms with Crippen LogP contribution in [-0.4, -0.2) is 54.2 Å². The fourth-order valence-electron chi connectivity index (χ4n) is 4.66. The van der Waals surface area contributed by atoms with Gasteiger partial charge >= 0.3 is 12.2 Å². The Morgan fingerprint density at radius 2 is 1.88 bits per heavy atom. The first-order chi connectivity index (χ1) is 15.0. The first-order valence-corrected chi connectivity index (χ1v) is 10.7. The van der Waals surface area contributed by atoms with E-state index in [1.54, 1.807) is 0 Å². The van der Waals surface area contributed by atoms with Gasteiger partial charge in [-0.2, -0.15) is 13.2 Å². The maximum absolute atomic E-state index is 14.8. The molecule has 1 aromatic carbocycles. The molecule has 6 nitrogen and oxygen atoms in total. The van der Waals surface area contributed by atoms with Crippen LogP contribution in [0.5, 0.6) is 0 Å². The topological polar surface area (TPSA) is 73.5 Å². The van der Waals surface area contributed by atoms with Gasteiger partial charge in [0.15, 0.2) is 0 Å². The van der Waals surface area contributed by atoms with Crippen LogP contribution in [-0.2, 0) is 4.79 Å². The molecule has 1 unspecified atom stereocenters. The molecule has 3 amide bonds. The Morgan fingerprint density at radius 3 is 2.41 bits per heavy atom. The zero-order valence-electron chi connectivity index (χ0n) is 16.9. The second kappa shape index (κ2) is 8.33. The Morgan fingerprint density at radius 1 is 1.22 bits per heavy atom. The van der Waals surface area contributed by atoms with E-state index in [4.69, 9.17) is 11.6 Å². The highest BCUT2D eigenvalue weighted by atomic mass is 35.5. The van der Waals surface area contributed by atoms with Gasteiger partial charge in [0.2, 0.25) is 5.91 Å². The van der Waals surface area contributed by atoms with E-state index in [1.807, 2.05) is 0 Å². The number of nitrogens with one attached hydrogen (secondary N) is 3. The van der Waals surface area contributed by atoms with E-state index >= 15 is 0 Å². The summed E-state index contributed by atoms with van der Waals surface area (Å²) >= 11 is 5.73. The number of benzene rings is 1. The molecule has 12 heteroatoms. The molecular formula is C20H22ClF5N4O2. The Hall–Kier alpha value is -2.14. The predicted molar refractivity (Wildman–Crippen MR) is 105 cm³/mol. The number of nitrogens with zero attached hydrogens (tertiary/aromatic N) is 1. The molecule has 0 aromatic heterocycles. The molecule has 32 heavy (non-hydrogen) atoms. The van der Waals surface area contributed by atoms with Gasteiger partial charge in [-0.05, 0) is 50.8 Å². The minimum Gasteiger partial charge on any atom is -0.347 e. The van der Waals surface area contributed by atoms with Crippen LogP contribution in [0.3, 0.4) is 0 Å². The number of hydrogen-bond acceptors (Lipinski definition) is 3. The second-order valence-electron chi connectivity index (χ2n) is 8.51. The molecule has 0 bridgehead atoms. The lowest BCUT2D eigenvalue weighted by atomic mass is 9.84. The Labute approximate surface area is 185 Å². The number of amides is 3. The van der Waals surface area contributed by atoms with Crippen LogP contribution in [0, 0.1) is 17.6 Å². The Kier molecular flexibility index (Phi) is 6.00. The third kappa shape index (κ3) is 4.12. The van der Waals surface area contributed by atoms with Crippen molar-refractivity contribution in [3.05, 3.63) is 34.4 Å². The minimum atomic E-state index is -4.32. The van der Waals surface area contributed by atoms with E-state index < -0.39 is 58.3 Å². The van der Waals surface area contributed by atoms with Crippen molar-refractivity contribution in [3.8, 4) is 0 Å². The van der Waals surface area contributed by atoms with E-state index in [9.17, 15) is 31.5 Å². The van der Waals surface area contributed by atoms with Gasteiger partial charge in [0.05, 0.1) is 6.04 Å². The van der Waals surface area contributed by atoms with Gasteiger partial charge in [-0.1, -0.05) is 17.7 Å². The van der Waals surface area contributed by atoms with E-state index in [0.717, 1.165) is 6.07 Å². The average molecular weight is 481 g/mol. The van der Waals surface area contributed by atoms with Crippen molar-refractivity contribution in [2.45, 2.75) is 49.5 Å². The van der Waals surface area contributed by atoms with Gasteiger partial charge in [0.1, 0.15) is 28.2 Å². The summed E-state index contributed by atoms with van der Waals surface area (Å²) < 4.78 is 68.9. The van der Waals surface area contributed by atoms with Crippen LogP contribution in [0.1, 0.15) is 37.3 Å². The lowest BCUT2D eigenvalue weighted by molar-refractivity contribution is -0.200. The summed E-state index contributed by atoms with van der Waals surface area (Å²) in [6, 6.07) is -0.188. The van der Waals surface area contributed by atoms with Gasteiger partial charge in [0, 0.05) is 12.1 Å². The molecule has 3 aliphatic rings. The highest BCUT2D eigenvalue weighted by Crippen LogP contribution is 2.54. The molecule has 3 N–H and O–H groups in total. The maximum Gasteiger partial charge on any atom is 0.406 e. The number of halogens is 6. The number of carbonyl (C=O) groups is 2. The van der Waals surface area contributed by atoms with E-state index in [1.165, 1.54) is 11.0 Å². The summed E-state index contributed by atoms with van der Waals surface area (Å²) in [5.74, 6) is -2.97. The molecule has 2 heterocycles. The van der Waals surface area contributed by atoms with Crippen LogP contribution < -0.4 is 16.0 Å². The number of likely N-dealkylation sites (tertiary alicyclic amines) is 1. The molecule has 0 radical (unpaired) electrons. The minimum absolute atomic E-state index is 0.0383. The molecule has 2 aliphatic heterocycles. The lowest BCUT2D eigenvalue weighted by Crippen LogP contribution is -2.53. The first-order valence-electron chi connectivity index (χ1n) is 10.3. The van der Waals surface area contributed by atoms with E-state index in [-0.39, 0.29) is 50.9 Å². The molecule has 0 spiro atoms. The number of urea groups is 1. The normalized spacial score (nSPS) is 24.6. The molecule has 1 aromatic rings. The summed E-state index contributed by atoms with van der Waals surface area (Å²) in [4.78, 5) is 25.5. The average Bonchev–Trinajstić information content (AvgIpc) is 3.46. The summed E-state index contributed by atoms with van der Waals surface area (Å²) in [5, 5.41) is 6.85. The fraction of sp³-hybridized carbons (Fsp3) is 0.600. The third-order valence-electron chi connectivity index (χ3n) is 6.65. The van der Waals surface area contributed by atoms with Crippen LogP contribution >= 0.6 is 11.6 Å². The molecule has 4 rings (SSSR count). The molecule has 3 fully saturated rings. The standard InChI is InChI=1S/C20H22ClF5N4O2/c21-14-12(22)2-1-11(15(14)23)16(29-17(31)13-9-27-18(32)28-13)10-3-7-30(8-4-10)19(5-6-19)20(24,25)26/h1-2,10,13,16H,3-9H2,(H,29,31)(H2,27,28,32)/t13-,16?/m0/s1. The van der Waals surface area contributed by atoms with E-state index in [0.29, 0.717) is 0 Å².